The third kappa shape index (κ3) is 5.27. The van der Waals surface area contributed by atoms with Crippen molar-refractivity contribution in [2.24, 2.45) is 0 Å². The van der Waals surface area contributed by atoms with Crippen molar-refractivity contribution in [1.29, 1.82) is 0 Å². The van der Waals surface area contributed by atoms with Crippen LogP contribution in [0.2, 0.25) is 0 Å². The molecule has 32 heavy (non-hydrogen) atoms. The van der Waals surface area contributed by atoms with Crippen molar-refractivity contribution in [2.45, 2.75) is 26.3 Å². The summed E-state index contributed by atoms with van der Waals surface area (Å²) in [6, 6.07) is 11.9. The fraction of sp³-hybridized carbons (Fsp3) is 0.480. The Morgan fingerprint density at radius 1 is 0.969 bits per heavy atom. The predicted octanol–water partition coefficient (Wildman–Crippen LogP) is 3.14. The highest BCUT2D eigenvalue weighted by Gasteiger charge is 2.21. The number of fused-ring (bicyclic) bond motifs is 2. The van der Waals surface area contributed by atoms with Crippen molar-refractivity contribution in [3.05, 3.63) is 47.5 Å². The first-order chi connectivity index (χ1) is 15.7. The summed E-state index contributed by atoms with van der Waals surface area (Å²) >= 11 is 0. The van der Waals surface area contributed by atoms with Gasteiger partial charge in [0, 0.05) is 44.7 Å². The van der Waals surface area contributed by atoms with E-state index in [4.69, 9.17) is 18.9 Å². The Labute approximate surface area is 189 Å². The minimum atomic E-state index is 0.127. The highest BCUT2D eigenvalue weighted by Crippen LogP contribution is 2.40. The first kappa shape index (κ1) is 22.3. The third-order valence-corrected chi connectivity index (χ3v) is 5.90. The van der Waals surface area contributed by atoms with Gasteiger partial charge in [-0.15, -0.1) is 0 Å². The van der Waals surface area contributed by atoms with Gasteiger partial charge >= 0.3 is 0 Å². The number of nitrogens with zero attached hydrogens (tertiary/aromatic N) is 2. The average Bonchev–Trinajstić information content (AvgIpc) is 3.06. The molecule has 0 atom stereocenters. The molecule has 0 unspecified atom stereocenters. The maximum absolute atomic E-state index is 12.9. The van der Waals surface area contributed by atoms with E-state index in [1.807, 2.05) is 48.2 Å². The van der Waals surface area contributed by atoms with Gasteiger partial charge in [0.15, 0.2) is 11.5 Å². The molecule has 7 nitrogen and oxygen atoms in total. The van der Waals surface area contributed by atoms with Crippen LogP contribution < -0.4 is 18.9 Å². The molecule has 0 N–H and O–H groups in total. The van der Waals surface area contributed by atoms with E-state index in [1.54, 1.807) is 7.11 Å². The fourth-order valence-corrected chi connectivity index (χ4v) is 4.14. The number of carbonyl (C=O) groups is 1. The molecule has 0 saturated heterocycles. The number of carbonyl (C=O) groups excluding carboxylic acids is 1. The second-order valence-corrected chi connectivity index (χ2v) is 8.06. The Morgan fingerprint density at radius 2 is 1.78 bits per heavy atom. The number of likely N-dealkylation sites (N-methyl/N-ethyl adjacent to an activating group) is 1. The van der Waals surface area contributed by atoms with Crippen LogP contribution in [0, 0.1) is 0 Å². The van der Waals surface area contributed by atoms with Crippen LogP contribution in [0.4, 0.5) is 0 Å². The van der Waals surface area contributed by atoms with Crippen molar-refractivity contribution in [1.82, 2.24) is 9.80 Å². The average molecular weight is 441 g/mol. The maximum Gasteiger partial charge on any atom is 0.227 e. The van der Waals surface area contributed by atoms with Crippen LogP contribution in [0.3, 0.4) is 0 Å². The Bertz CT molecular complexity index is 933. The molecule has 0 saturated carbocycles. The first-order valence-electron chi connectivity index (χ1n) is 11.3. The Hall–Kier alpha value is -2.93. The molecule has 0 fully saturated rings. The standard InChI is InChI=1S/C25H32N2O5/c1-3-27-10-9-26(11-14-31-21-8-5-4-7-20(21)17-24(27)28)18-19-15-22(29-2)25-23(16-19)30-12-6-13-32-25/h4-5,7-8,15-16H,3,6,9-14,17-18H2,1-2H3. The molecule has 172 valence electrons. The van der Waals surface area contributed by atoms with Crippen LogP contribution in [0.15, 0.2) is 36.4 Å². The SMILES string of the molecule is CCN1CCN(Cc2cc(OC)c3c(c2)OCCCO3)CCOc2ccccc2CC1=O. The molecule has 2 aliphatic heterocycles. The van der Waals surface area contributed by atoms with Crippen LogP contribution in [-0.4, -0.2) is 68.8 Å². The van der Waals surface area contributed by atoms with Crippen molar-refractivity contribution < 1.29 is 23.7 Å². The molecule has 0 bridgehead atoms. The summed E-state index contributed by atoms with van der Waals surface area (Å²) < 4.78 is 23.4. The molecule has 0 radical (unpaired) electrons. The van der Waals surface area contributed by atoms with Gasteiger partial charge in [-0.25, -0.2) is 0 Å². The van der Waals surface area contributed by atoms with Gasteiger partial charge in [0.2, 0.25) is 11.7 Å². The molecule has 4 rings (SSSR count). The van der Waals surface area contributed by atoms with E-state index in [0.717, 1.165) is 42.1 Å². The second kappa shape index (κ2) is 10.6. The molecule has 0 aliphatic carbocycles. The lowest BCUT2D eigenvalue weighted by Crippen LogP contribution is -2.39. The normalized spacial score (nSPS) is 17.6. The molecule has 0 aromatic heterocycles. The highest BCUT2D eigenvalue weighted by molar-refractivity contribution is 5.79. The number of rotatable bonds is 4. The minimum absolute atomic E-state index is 0.127. The van der Waals surface area contributed by atoms with Crippen molar-refractivity contribution in [2.75, 3.05) is 53.1 Å². The number of hydrogen-bond acceptors (Lipinski definition) is 6. The Kier molecular flexibility index (Phi) is 7.37. The Balaban J connectivity index is 1.54. The van der Waals surface area contributed by atoms with E-state index in [2.05, 4.69) is 4.90 Å². The topological polar surface area (TPSA) is 60.5 Å². The van der Waals surface area contributed by atoms with Gasteiger partial charge in [0.1, 0.15) is 12.4 Å². The third-order valence-electron chi connectivity index (χ3n) is 5.90. The molecule has 2 heterocycles. The smallest absolute Gasteiger partial charge is 0.227 e. The largest absolute Gasteiger partial charge is 0.493 e. The van der Waals surface area contributed by atoms with E-state index in [-0.39, 0.29) is 5.91 Å². The molecule has 7 heteroatoms. The summed E-state index contributed by atoms with van der Waals surface area (Å²) in [5.74, 6) is 3.01. The lowest BCUT2D eigenvalue weighted by molar-refractivity contribution is -0.130. The fourth-order valence-electron chi connectivity index (χ4n) is 4.14. The molecule has 2 aromatic rings. The summed E-state index contributed by atoms with van der Waals surface area (Å²) in [5.41, 5.74) is 2.02. The lowest BCUT2D eigenvalue weighted by atomic mass is 10.1. The van der Waals surface area contributed by atoms with Crippen LogP contribution >= 0.6 is 0 Å². The van der Waals surface area contributed by atoms with E-state index in [0.29, 0.717) is 57.4 Å². The van der Waals surface area contributed by atoms with Gasteiger partial charge in [-0.2, -0.15) is 0 Å². The molecule has 1 amide bonds. The van der Waals surface area contributed by atoms with E-state index >= 15 is 0 Å². The van der Waals surface area contributed by atoms with Crippen LogP contribution in [-0.2, 0) is 17.8 Å². The highest BCUT2D eigenvalue weighted by atomic mass is 16.5. The van der Waals surface area contributed by atoms with Crippen LogP contribution in [0.25, 0.3) is 0 Å². The van der Waals surface area contributed by atoms with Crippen LogP contribution in [0.5, 0.6) is 23.0 Å². The molecule has 2 aromatic carbocycles. The van der Waals surface area contributed by atoms with Crippen molar-refractivity contribution >= 4 is 5.91 Å². The maximum atomic E-state index is 12.9. The van der Waals surface area contributed by atoms with E-state index < -0.39 is 0 Å². The molecule has 0 spiro atoms. The Morgan fingerprint density at radius 3 is 2.62 bits per heavy atom. The number of ether oxygens (including phenoxy) is 4. The van der Waals surface area contributed by atoms with Gasteiger partial charge in [-0.3, -0.25) is 9.69 Å². The minimum Gasteiger partial charge on any atom is -0.493 e. The zero-order chi connectivity index (χ0) is 22.3. The van der Waals surface area contributed by atoms with E-state index in [1.165, 1.54) is 0 Å². The van der Waals surface area contributed by atoms with Gasteiger partial charge in [-0.1, -0.05) is 18.2 Å². The summed E-state index contributed by atoms with van der Waals surface area (Å²) in [4.78, 5) is 17.1. The predicted molar refractivity (Wildman–Crippen MR) is 122 cm³/mol. The van der Waals surface area contributed by atoms with Gasteiger partial charge in [0.05, 0.1) is 26.7 Å². The van der Waals surface area contributed by atoms with Gasteiger partial charge in [0.25, 0.3) is 0 Å². The lowest BCUT2D eigenvalue weighted by Gasteiger charge is -2.27. The summed E-state index contributed by atoms with van der Waals surface area (Å²) in [5, 5.41) is 0. The summed E-state index contributed by atoms with van der Waals surface area (Å²) in [6.07, 6.45) is 1.21. The number of methoxy groups -OCH3 is 1. The number of hydrogen-bond donors (Lipinski definition) is 0. The quantitative estimate of drug-likeness (QED) is 0.728. The van der Waals surface area contributed by atoms with Gasteiger partial charge < -0.3 is 23.8 Å². The van der Waals surface area contributed by atoms with E-state index in [9.17, 15) is 4.79 Å². The number of amides is 1. The van der Waals surface area contributed by atoms with Crippen molar-refractivity contribution in [3.63, 3.8) is 0 Å². The molecular weight excluding hydrogens is 408 g/mol. The number of benzene rings is 2. The summed E-state index contributed by atoms with van der Waals surface area (Å²) in [6.45, 7) is 7.40. The summed E-state index contributed by atoms with van der Waals surface area (Å²) in [7, 11) is 1.65. The number of para-hydroxylation sites is 1. The second-order valence-electron chi connectivity index (χ2n) is 8.06. The van der Waals surface area contributed by atoms with Crippen LogP contribution in [0.1, 0.15) is 24.5 Å². The molecule has 2 aliphatic rings. The monoisotopic (exact) mass is 440 g/mol. The van der Waals surface area contributed by atoms with Gasteiger partial charge in [-0.05, 0) is 30.7 Å². The zero-order valence-corrected chi connectivity index (χ0v) is 19.0. The van der Waals surface area contributed by atoms with Crippen molar-refractivity contribution in [3.8, 4) is 23.0 Å². The zero-order valence-electron chi connectivity index (χ0n) is 19.0. The first-order valence-corrected chi connectivity index (χ1v) is 11.3. The molecular formula is C25H32N2O5.